The first-order valence-electron chi connectivity index (χ1n) is 5.60. The molecule has 98 valence electrons. The Labute approximate surface area is 110 Å². The molecule has 0 aromatic heterocycles. The molecule has 0 radical (unpaired) electrons. The predicted molar refractivity (Wildman–Crippen MR) is 71.9 cm³/mol. The van der Waals surface area contributed by atoms with Gasteiger partial charge in [-0.3, -0.25) is 0 Å². The average Bonchev–Trinajstić information content (AvgIpc) is 2.42. The highest BCUT2D eigenvalue weighted by molar-refractivity contribution is 5.89. The number of hydrogen-bond donors (Lipinski definition) is 2. The van der Waals surface area contributed by atoms with E-state index in [1.54, 1.807) is 30.3 Å². The van der Waals surface area contributed by atoms with E-state index in [1.165, 1.54) is 19.2 Å². The summed E-state index contributed by atoms with van der Waals surface area (Å²) in [6.45, 7) is 0. The van der Waals surface area contributed by atoms with E-state index in [0.29, 0.717) is 16.9 Å². The van der Waals surface area contributed by atoms with Crippen molar-refractivity contribution in [1.29, 1.82) is 0 Å². The van der Waals surface area contributed by atoms with Crippen molar-refractivity contribution in [2.75, 3.05) is 18.2 Å². The van der Waals surface area contributed by atoms with Crippen LogP contribution in [0.5, 0.6) is 0 Å². The lowest BCUT2D eigenvalue weighted by Gasteiger charge is -2.09. The third kappa shape index (κ3) is 3.01. The molecule has 0 unspecified atom stereocenters. The van der Waals surface area contributed by atoms with Crippen LogP contribution in [0.15, 0.2) is 42.5 Å². The summed E-state index contributed by atoms with van der Waals surface area (Å²) in [6.07, 6.45) is 0. The Hall–Kier alpha value is -2.56. The highest BCUT2D eigenvalue weighted by Gasteiger charge is 2.05. The fourth-order valence-corrected chi connectivity index (χ4v) is 1.61. The van der Waals surface area contributed by atoms with Gasteiger partial charge in [0.1, 0.15) is 5.82 Å². The molecule has 0 heterocycles. The summed E-state index contributed by atoms with van der Waals surface area (Å²) in [5, 5.41) is 3.04. The van der Waals surface area contributed by atoms with Crippen LogP contribution >= 0.6 is 0 Å². The van der Waals surface area contributed by atoms with Gasteiger partial charge < -0.3 is 15.8 Å². The number of anilines is 3. The Bertz CT molecular complexity index is 597. The van der Waals surface area contributed by atoms with Crippen molar-refractivity contribution in [3.05, 3.63) is 53.8 Å². The summed E-state index contributed by atoms with van der Waals surface area (Å²) in [5.74, 6) is -0.781. The first kappa shape index (κ1) is 12.9. The van der Waals surface area contributed by atoms with Crippen LogP contribution in [0.2, 0.25) is 0 Å². The Kier molecular flexibility index (Phi) is 3.66. The van der Waals surface area contributed by atoms with Gasteiger partial charge in [0.15, 0.2) is 0 Å². The Morgan fingerprint density at radius 3 is 2.47 bits per heavy atom. The minimum atomic E-state index is -0.396. The minimum Gasteiger partial charge on any atom is -0.465 e. The molecule has 2 aromatic rings. The number of ether oxygens (including phenoxy) is 1. The van der Waals surface area contributed by atoms with Crippen LogP contribution in [0, 0.1) is 5.82 Å². The summed E-state index contributed by atoms with van der Waals surface area (Å²) in [7, 11) is 1.33. The molecular formula is C14H13FN2O2. The van der Waals surface area contributed by atoms with Gasteiger partial charge in [-0.15, -0.1) is 0 Å². The van der Waals surface area contributed by atoms with Gasteiger partial charge in [0.05, 0.1) is 24.0 Å². The van der Waals surface area contributed by atoms with Gasteiger partial charge in [-0.2, -0.15) is 0 Å². The lowest BCUT2D eigenvalue weighted by atomic mass is 10.2. The number of hydrogen-bond acceptors (Lipinski definition) is 4. The van der Waals surface area contributed by atoms with E-state index < -0.39 is 5.97 Å². The largest absolute Gasteiger partial charge is 0.465 e. The highest BCUT2D eigenvalue weighted by Crippen LogP contribution is 2.24. The zero-order valence-corrected chi connectivity index (χ0v) is 10.3. The lowest BCUT2D eigenvalue weighted by molar-refractivity contribution is 0.0601. The second-order valence-corrected chi connectivity index (χ2v) is 3.93. The third-order valence-electron chi connectivity index (χ3n) is 2.60. The normalized spacial score (nSPS) is 10.0. The number of nitrogen functional groups attached to an aromatic ring is 1. The standard InChI is InChI=1S/C14H13FN2O2/c1-19-14(18)9-2-5-11(6-3-9)17-13-7-4-10(15)8-12(13)16/h2-8,17H,16H2,1H3. The maximum Gasteiger partial charge on any atom is 0.337 e. The first-order valence-corrected chi connectivity index (χ1v) is 5.60. The van der Waals surface area contributed by atoms with E-state index in [-0.39, 0.29) is 5.82 Å². The Morgan fingerprint density at radius 1 is 1.21 bits per heavy atom. The average molecular weight is 260 g/mol. The van der Waals surface area contributed by atoms with Gasteiger partial charge in [-0.1, -0.05) is 0 Å². The quantitative estimate of drug-likeness (QED) is 0.658. The monoisotopic (exact) mass is 260 g/mol. The van der Waals surface area contributed by atoms with Crippen LogP contribution in [0.4, 0.5) is 21.5 Å². The molecule has 0 saturated heterocycles. The summed E-state index contributed by atoms with van der Waals surface area (Å²) in [4.78, 5) is 11.3. The van der Waals surface area contributed by atoms with E-state index in [9.17, 15) is 9.18 Å². The van der Waals surface area contributed by atoms with Gasteiger partial charge >= 0.3 is 5.97 Å². The molecule has 5 heteroatoms. The number of esters is 1. The summed E-state index contributed by atoms with van der Waals surface area (Å²) in [6, 6.07) is 10.8. The molecule has 2 rings (SSSR count). The zero-order valence-electron chi connectivity index (χ0n) is 10.3. The number of nitrogens with two attached hydrogens (primary N) is 1. The molecule has 0 aliphatic rings. The minimum absolute atomic E-state index is 0.317. The molecule has 0 saturated carbocycles. The number of nitrogens with one attached hydrogen (secondary N) is 1. The van der Waals surface area contributed by atoms with E-state index in [2.05, 4.69) is 10.1 Å². The Morgan fingerprint density at radius 2 is 1.89 bits per heavy atom. The van der Waals surface area contributed by atoms with Crippen LogP contribution in [-0.4, -0.2) is 13.1 Å². The maximum absolute atomic E-state index is 12.9. The molecule has 2 aromatic carbocycles. The van der Waals surface area contributed by atoms with Crippen LogP contribution in [-0.2, 0) is 4.74 Å². The van der Waals surface area contributed by atoms with Crippen LogP contribution in [0.3, 0.4) is 0 Å². The zero-order chi connectivity index (χ0) is 13.8. The topological polar surface area (TPSA) is 64.3 Å². The molecule has 0 fully saturated rings. The number of methoxy groups -OCH3 is 1. The molecule has 0 bridgehead atoms. The first-order chi connectivity index (χ1) is 9.10. The molecule has 0 spiro atoms. The second kappa shape index (κ2) is 5.39. The van der Waals surface area contributed by atoms with E-state index in [1.807, 2.05) is 0 Å². The summed E-state index contributed by atoms with van der Waals surface area (Å²) < 4.78 is 17.5. The molecule has 4 nitrogen and oxygen atoms in total. The number of carbonyl (C=O) groups excluding carboxylic acids is 1. The van der Waals surface area contributed by atoms with Gasteiger partial charge in [0, 0.05) is 5.69 Å². The molecule has 0 amide bonds. The van der Waals surface area contributed by atoms with Crippen molar-refractivity contribution in [3.63, 3.8) is 0 Å². The fourth-order valence-electron chi connectivity index (χ4n) is 1.61. The number of halogens is 1. The molecule has 0 atom stereocenters. The number of carbonyl (C=O) groups is 1. The van der Waals surface area contributed by atoms with E-state index in [4.69, 9.17) is 5.73 Å². The van der Waals surface area contributed by atoms with Crippen molar-refractivity contribution in [2.45, 2.75) is 0 Å². The Balaban J connectivity index is 2.17. The predicted octanol–water partition coefficient (Wildman–Crippen LogP) is 2.94. The molecule has 19 heavy (non-hydrogen) atoms. The molecule has 0 aliphatic heterocycles. The van der Waals surface area contributed by atoms with Crippen molar-refractivity contribution in [2.24, 2.45) is 0 Å². The summed E-state index contributed by atoms with van der Waals surface area (Å²) in [5.41, 5.74) is 7.81. The molecule has 3 N–H and O–H groups in total. The smallest absolute Gasteiger partial charge is 0.337 e. The van der Waals surface area contributed by atoms with E-state index >= 15 is 0 Å². The fraction of sp³-hybridized carbons (Fsp3) is 0.0714. The molecule has 0 aliphatic carbocycles. The van der Waals surface area contributed by atoms with E-state index in [0.717, 1.165) is 5.69 Å². The van der Waals surface area contributed by atoms with Crippen molar-refractivity contribution >= 4 is 23.0 Å². The number of benzene rings is 2. The van der Waals surface area contributed by atoms with Crippen LogP contribution in [0.1, 0.15) is 10.4 Å². The van der Waals surface area contributed by atoms with Crippen LogP contribution < -0.4 is 11.1 Å². The van der Waals surface area contributed by atoms with Gasteiger partial charge in [0.25, 0.3) is 0 Å². The van der Waals surface area contributed by atoms with Crippen molar-refractivity contribution in [3.8, 4) is 0 Å². The van der Waals surface area contributed by atoms with Crippen molar-refractivity contribution in [1.82, 2.24) is 0 Å². The van der Waals surface area contributed by atoms with Crippen LogP contribution in [0.25, 0.3) is 0 Å². The third-order valence-corrected chi connectivity index (χ3v) is 2.60. The second-order valence-electron chi connectivity index (χ2n) is 3.93. The SMILES string of the molecule is COC(=O)c1ccc(Nc2ccc(F)cc2N)cc1. The van der Waals surface area contributed by atoms with Gasteiger partial charge in [0.2, 0.25) is 0 Å². The van der Waals surface area contributed by atoms with Crippen molar-refractivity contribution < 1.29 is 13.9 Å². The summed E-state index contributed by atoms with van der Waals surface area (Å²) >= 11 is 0. The molecular weight excluding hydrogens is 247 g/mol. The van der Waals surface area contributed by atoms with Gasteiger partial charge in [-0.05, 0) is 42.5 Å². The van der Waals surface area contributed by atoms with Gasteiger partial charge in [-0.25, -0.2) is 9.18 Å². The highest BCUT2D eigenvalue weighted by atomic mass is 19.1. The number of rotatable bonds is 3. The lowest BCUT2D eigenvalue weighted by Crippen LogP contribution is -2.01. The maximum atomic E-state index is 12.9.